The van der Waals surface area contributed by atoms with Crippen molar-refractivity contribution in [1.29, 1.82) is 0 Å². The highest BCUT2D eigenvalue weighted by molar-refractivity contribution is 7.14. The van der Waals surface area contributed by atoms with Crippen molar-refractivity contribution in [3.05, 3.63) is 21.6 Å². The minimum absolute atomic E-state index is 0.121. The van der Waals surface area contributed by atoms with Crippen molar-refractivity contribution in [1.82, 2.24) is 4.90 Å². The molecule has 2 fully saturated rings. The number of nitrogens with zero attached hydrogens (tertiary/aromatic N) is 2. The molecule has 0 unspecified atom stereocenters. The van der Waals surface area contributed by atoms with E-state index >= 15 is 0 Å². The van der Waals surface area contributed by atoms with Crippen LogP contribution in [0.4, 0.5) is 10.7 Å². The Balaban J connectivity index is 1.55. The lowest BCUT2D eigenvalue weighted by Crippen LogP contribution is -2.48. The highest BCUT2D eigenvalue weighted by Crippen LogP contribution is 2.30. The molecule has 0 amide bonds. The van der Waals surface area contributed by atoms with Gasteiger partial charge in [-0.05, 0) is 24.8 Å². The summed E-state index contributed by atoms with van der Waals surface area (Å²) >= 11 is 1.36. The van der Waals surface area contributed by atoms with Gasteiger partial charge in [0.25, 0.3) is 0 Å². The number of nitro groups is 1. The van der Waals surface area contributed by atoms with Crippen LogP contribution in [-0.4, -0.2) is 48.2 Å². The van der Waals surface area contributed by atoms with E-state index in [9.17, 15) is 10.1 Å². The van der Waals surface area contributed by atoms with Gasteiger partial charge >= 0.3 is 5.69 Å². The van der Waals surface area contributed by atoms with Crippen molar-refractivity contribution in [2.24, 2.45) is 0 Å². The molecule has 2 aliphatic heterocycles. The van der Waals surface area contributed by atoms with E-state index in [4.69, 9.17) is 4.74 Å². The van der Waals surface area contributed by atoms with Crippen LogP contribution in [-0.2, 0) is 4.74 Å². The molecule has 0 aromatic carbocycles. The van der Waals surface area contributed by atoms with Gasteiger partial charge in [0.1, 0.15) is 0 Å². The Bertz CT molecular complexity index is 465. The fraction of sp³-hybridized carbons (Fsp3) is 0.667. The maximum absolute atomic E-state index is 10.8. The minimum Gasteiger partial charge on any atom is -0.373 e. The minimum atomic E-state index is -0.350. The number of nitrogens with one attached hydrogen (secondary N) is 1. The van der Waals surface area contributed by atoms with Gasteiger partial charge < -0.3 is 10.1 Å². The van der Waals surface area contributed by atoms with Crippen LogP contribution in [0.3, 0.4) is 0 Å². The molecule has 0 radical (unpaired) electrons. The Labute approximate surface area is 115 Å². The number of rotatable bonds is 4. The van der Waals surface area contributed by atoms with Gasteiger partial charge in [0.2, 0.25) is 0 Å². The summed E-state index contributed by atoms with van der Waals surface area (Å²) in [5.41, 5.74) is 0.153. The van der Waals surface area contributed by atoms with Crippen molar-refractivity contribution in [3.63, 3.8) is 0 Å². The summed E-state index contributed by atoms with van der Waals surface area (Å²) < 4.78 is 5.82. The Kier molecular flexibility index (Phi) is 3.67. The first-order valence-corrected chi connectivity index (χ1v) is 7.43. The van der Waals surface area contributed by atoms with Gasteiger partial charge in [-0.15, -0.1) is 11.3 Å². The van der Waals surface area contributed by atoms with E-state index in [0.717, 1.165) is 19.7 Å². The van der Waals surface area contributed by atoms with E-state index in [1.54, 1.807) is 5.38 Å². The Morgan fingerprint density at radius 2 is 2.53 bits per heavy atom. The average Bonchev–Trinajstić information content (AvgIpc) is 3.04. The molecule has 1 aromatic heterocycles. The molecule has 2 atom stereocenters. The number of ether oxygens (including phenoxy) is 1. The zero-order valence-corrected chi connectivity index (χ0v) is 11.4. The molecular weight excluding hydrogens is 266 g/mol. The van der Waals surface area contributed by atoms with Crippen LogP contribution in [0.15, 0.2) is 11.4 Å². The molecule has 0 saturated carbocycles. The van der Waals surface area contributed by atoms with Crippen LogP contribution in [0, 0.1) is 10.1 Å². The lowest BCUT2D eigenvalue weighted by molar-refractivity contribution is -0.383. The second-order valence-electron chi connectivity index (χ2n) is 5.02. The first-order chi connectivity index (χ1) is 9.24. The maximum atomic E-state index is 10.8. The van der Waals surface area contributed by atoms with Crippen LogP contribution < -0.4 is 5.32 Å². The zero-order chi connectivity index (χ0) is 13.2. The lowest BCUT2D eigenvalue weighted by atomic mass is 10.2. The van der Waals surface area contributed by atoms with E-state index in [2.05, 4.69) is 10.2 Å². The third kappa shape index (κ3) is 2.72. The van der Waals surface area contributed by atoms with Gasteiger partial charge in [0.05, 0.1) is 17.6 Å². The number of thiophene rings is 1. The van der Waals surface area contributed by atoms with E-state index < -0.39 is 0 Å². The van der Waals surface area contributed by atoms with Gasteiger partial charge in [0, 0.05) is 25.2 Å². The SMILES string of the molecule is O=[N+]([O-])c1ccsc1NC[C@@H]1CN2CCC[C@H]2CO1. The molecule has 1 aromatic rings. The summed E-state index contributed by atoms with van der Waals surface area (Å²) in [5, 5.41) is 16.3. The molecule has 7 heteroatoms. The van der Waals surface area contributed by atoms with E-state index in [1.165, 1.54) is 30.2 Å². The summed E-state index contributed by atoms with van der Waals surface area (Å²) in [7, 11) is 0. The van der Waals surface area contributed by atoms with Gasteiger partial charge in [-0.1, -0.05) is 0 Å². The summed E-state index contributed by atoms with van der Waals surface area (Å²) in [6.07, 6.45) is 2.61. The number of fused-ring (bicyclic) bond motifs is 1. The van der Waals surface area contributed by atoms with E-state index in [1.807, 2.05) is 0 Å². The quantitative estimate of drug-likeness (QED) is 0.675. The van der Waals surface area contributed by atoms with Gasteiger partial charge in [0.15, 0.2) is 5.00 Å². The molecule has 6 nitrogen and oxygen atoms in total. The van der Waals surface area contributed by atoms with Crippen molar-refractivity contribution in [2.75, 3.05) is 31.6 Å². The zero-order valence-electron chi connectivity index (χ0n) is 10.6. The second-order valence-corrected chi connectivity index (χ2v) is 5.94. The normalized spacial score (nSPS) is 27.2. The summed E-state index contributed by atoms with van der Waals surface area (Å²) in [6, 6.07) is 2.12. The molecule has 2 saturated heterocycles. The third-order valence-corrected chi connectivity index (χ3v) is 4.65. The molecule has 1 N–H and O–H groups in total. The molecule has 0 aliphatic carbocycles. The molecule has 19 heavy (non-hydrogen) atoms. The van der Waals surface area contributed by atoms with E-state index in [-0.39, 0.29) is 16.7 Å². The molecule has 3 rings (SSSR count). The van der Waals surface area contributed by atoms with Crippen LogP contribution in [0.25, 0.3) is 0 Å². The first-order valence-electron chi connectivity index (χ1n) is 6.55. The number of hydrogen-bond donors (Lipinski definition) is 1. The maximum Gasteiger partial charge on any atom is 0.303 e. The molecule has 0 bridgehead atoms. The monoisotopic (exact) mass is 283 g/mol. The largest absolute Gasteiger partial charge is 0.373 e. The molecule has 104 valence electrons. The summed E-state index contributed by atoms with van der Waals surface area (Å²) in [4.78, 5) is 12.9. The number of hydrogen-bond acceptors (Lipinski definition) is 6. The topological polar surface area (TPSA) is 67.6 Å². The fourth-order valence-electron chi connectivity index (χ4n) is 2.79. The lowest BCUT2D eigenvalue weighted by Gasteiger charge is -2.35. The van der Waals surface area contributed by atoms with Crippen molar-refractivity contribution >= 4 is 22.0 Å². The van der Waals surface area contributed by atoms with Gasteiger partial charge in [-0.25, -0.2) is 0 Å². The number of anilines is 1. The molecule has 3 heterocycles. The predicted molar refractivity (Wildman–Crippen MR) is 73.8 cm³/mol. The fourth-order valence-corrected chi connectivity index (χ4v) is 3.56. The van der Waals surface area contributed by atoms with Crippen molar-refractivity contribution < 1.29 is 9.66 Å². The van der Waals surface area contributed by atoms with Crippen molar-refractivity contribution in [2.45, 2.75) is 25.0 Å². The predicted octanol–water partition coefficient (Wildman–Crippen LogP) is 1.93. The van der Waals surface area contributed by atoms with Gasteiger partial charge in [-0.3, -0.25) is 15.0 Å². The Morgan fingerprint density at radius 1 is 1.63 bits per heavy atom. The molecule has 2 aliphatic rings. The van der Waals surface area contributed by atoms with Crippen molar-refractivity contribution in [3.8, 4) is 0 Å². The summed E-state index contributed by atoms with van der Waals surface area (Å²) in [5.74, 6) is 0. The third-order valence-electron chi connectivity index (χ3n) is 3.79. The van der Waals surface area contributed by atoms with Crippen LogP contribution >= 0.6 is 11.3 Å². The Hall–Kier alpha value is -1.18. The van der Waals surface area contributed by atoms with Gasteiger partial charge in [-0.2, -0.15) is 0 Å². The molecular formula is C12H17N3O3S. The highest BCUT2D eigenvalue weighted by atomic mass is 32.1. The summed E-state index contributed by atoms with van der Waals surface area (Å²) in [6.45, 7) is 3.50. The second kappa shape index (κ2) is 5.44. The highest BCUT2D eigenvalue weighted by Gasteiger charge is 2.32. The average molecular weight is 283 g/mol. The Morgan fingerprint density at radius 3 is 3.37 bits per heavy atom. The van der Waals surface area contributed by atoms with E-state index in [0.29, 0.717) is 17.6 Å². The standard InChI is InChI=1S/C12H17N3O3S/c16-15(17)11-3-5-19-12(11)13-6-10-7-14-4-1-2-9(14)8-18-10/h3,5,9-10,13H,1-2,4,6-8H2/t9-,10+/m0/s1. The first kappa shape index (κ1) is 12.8. The van der Waals surface area contributed by atoms with Crippen LogP contribution in [0.2, 0.25) is 0 Å². The molecule has 0 spiro atoms. The smallest absolute Gasteiger partial charge is 0.303 e. The van der Waals surface area contributed by atoms with Crippen LogP contribution in [0.5, 0.6) is 0 Å². The number of morpholine rings is 1. The van der Waals surface area contributed by atoms with Crippen LogP contribution in [0.1, 0.15) is 12.8 Å².